The standard InChI is InChI=1S/C26H26Cl2N4O4S3/c27-18-7-8-24(21(28)12-18)39(35,36)31-10-4-3-9-29-26(34)22(13-19-15-37-16-30-19)32-25(33)14-20-11-17-5-1-2-6-23(17)38-20/h1-2,5-8,11-12,15-16,22,31H,3-4,9-10,13-14H2,(H,29,34)(H,32,33)/t22-/m0/s1. The van der Waals surface area contributed by atoms with Crippen molar-refractivity contribution < 1.29 is 18.0 Å². The Labute approximate surface area is 244 Å². The number of nitrogens with one attached hydrogen (secondary N) is 3. The van der Waals surface area contributed by atoms with Crippen molar-refractivity contribution in [2.45, 2.75) is 36.6 Å². The van der Waals surface area contributed by atoms with Gasteiger partial charge in [0.2, 0.25) is 21.8 Å². The largest absolute Gasteiger partial charge is 0.354 e. The number of nitrogens with zero attached hydrogens (tertiary/aromatic N) is 1. The van der Waals surface area contributed by atoms with Crippen LogP contribution in [-0.2, 0) is 32.5 Å². The maximum absolute atomic E-state index is 13.0. The first-order chi connectivity index (χ1) is 18.7. The van der Waals surface area contributed by atoms with Crippen LogP contribution in [-0.4, -0.2) is 44.3 Å². The van der Waals surface area contributed by atoms with Crippen LogP contribution in [0.15, 0.2) is 64.3 Å². The van der Waals surface area contributed by atoms with E-state index in [0.29, 0.717) is 24.4 Å². The van der Waals surface area contributed by atoms with E-state index in [4.69, 9.17) is 23.2 Å². The molecule has 0 aliphatic rings. The molecule has 0 saturated heterocycles. The smallest absolute Gasteiger partial charge is 0.242 e. The SMILES string of the molecule is O=C(Cc1cc2ccccc2s1)N[C@@H](Cc1cscn1)C(=O)NCCCCNS(=O)(=O)c1ccc(Cl)cc1Cl. The lowest BCUT2D eigenvalue weighted by Gasteiger charge is -2.18. The van der Waals surface area contributed by atoms with Crippen molar-refractivity contribution in [3.05, 3.63) is 80.0 Å². The zero-order valence-electron chi connectivity index (χ0n) is 20.7. The summed E-state index contributed by atoms with van der Waals surface area (Å²) in [6.45, 7) is 0.493. The average molecular weight is 626 g/mol. The zero-order valence-corrected chi connectivity index (χ0v) is 24.6. The summed E-state index contributed by atoms with van der Waals surface area (Å²) in [5.74, 6) is -0.562. The lowest BCUT2D eigenvalue weighted by molar-refractivity contribution is -0.128. The lowest BCUT2D eigenvalue weighted by atomic mass is 10.1. The van der Waals surface area contributed by atoms with Crippen molar-refractivity contribution >= 4 is 77.8 Å². The van der Waals surface area contributed by atoms with Crippen molar-refractivity contribution in [3.63, 3.8) is 0 Å². The zero-order chi connectivity index (χ0) is 27.8. The third kappa shape index (κ3) is 8.47. The molecule has 2 aromatic heterocycles. The van der Waals surface area contributed by atoms with Crippen LogP contribution in [0.2, 0.25) is 10.0 Å². The Morgan fingerprint density at radius 2 is 1.82 bits per heavy atom. The van der Waals surface area contributed by atoms with E-state index >= 15 is 0 Å². The first-order valence-electron chi connectivity index (χ1n) is 12.1. The van der Waals surface area contributed by atoms with Crippen LogP contribution in [0.3, 0.4) is 0 Å². The van der Waals surface area contributed by atoms with Crippen LogP contribution in [0.5, 0.6) is 0 Å². The molecule has 2 aromatic carbocycles. The molecule has 1 atom stereocenters. The number of benzene rings is 2. The molecule has 0 aliphatic heterocycles. The fourth-order valence-electron chi connectivity index (χ4n) is 3.85. The van der Waals surface area contributed by atoms with Crippen LogP contribution in [0.25, 0.3) is 10.1 Å². The molecular weight excluding hydrogens is 599 g/mol. The summed E-state index contributed by atoms with van der Waals surface area (Å²) >= 11 is 14.8. The van der Waals surface area contributed by atoms with E-state index in [-0.39, 0.29) is 41.1 Å². The normalized spacial score (nSPS) is 12.4. The van der Waals surface area contributed by atoms with Gasteiger partial charge in [0.05, 0.1) is 22.6 Å². The van der Waals surface area contributed by atoms with Gasteiger partial charge in [-0.3, -0.25) is 9.59 Å². The van der Waals surface area contributed by atoms with Gasteiger partial charge in [0.15, 0.2) is 0 Å². The van der Waals surface area contributed by atoms with Crippen LogP contribution in [0.1, 0.15) is 23.4 Å². The van der Waals surface area contributed by atoms with Crippen molar-refractivity contribution in [1.82, 2.24) is 20.3 Å². The lowest BCUT2D eigenvalue weighted by Crippen LogP contribution is -2.48. The molecule has 0 spiro atoms. The molecule has 0 bridgehead atoms. The number of hydrogen-bond donors (Lipinski definition) is 3. The third-order valence-electron chi connectivity index (χ3n) is 5.74. The molecule has 13 heteroatoms. The molecule has 0 unspecified atom stereocenters. The number of halogens is 2. The number of carbonyl (C=O) groups excluding carboxylic acids is 2. The van der Waals surface area contributed by atoms with E-state index in [2.05, 4.69) is 20.3 Å². The maximum atomic E-state index is 13.0. The molecule has 2 amide bonds. The van der Waals surface area contributed by atoms with Gasteiger partial charge in [-0.05, 0) is 48.6 Å². The summed E-state index contributed by atoms with van der Waals surface area (Å²) in [5.41, 5.74) is 2.40. The van der Waals surface area contributed by atoms with Crippen LogP contribution >= 0.6 is 45.9 Å². The molecule has 0 fully saturated rings. The Kier molecular flexibility index (Phi) is 10.3. The van der Waals surface area contributed by atoms with Gasteiger partial charge >= 0.3 is 0 Å². The molecular formula is C26H26Cl2N4O4S3. The number of sulfonamides is 1. The van der Waals surface area contributed by atoms with Crippen molar-refractivity contribution in [1.29, 1.82) is 0 Å². The van der Waals surface area contributed by atoms with Gasteiger partial charge < -0.3 is 10.6 Å². The van der Waals surface area contributed by atoms with E-state index in [1.54, 1.807) is 16.8 Å². The predicted molar refractivity (Wildman–Crippen MR) is 157 cm³/mol. The predicted octanol–water partition coefficient (Wildman–Crippen LogP) is 4.81. The van der Waals surface area contributed by atoms with Gasteiger partial charge in [0.1, 0.15) is 10.9 Å². The fraction of sp³-hybridized carbons (Fsp3) is 0.269. The Hall–Kier alpha value is -2.54. The number of amides is 2. The number of unbranched alkanes of at least 4 members (excludes halogenated alkanes) is 1. The van der Waals surface area contributed by atoms with E-state index < -0.39 is 16.1 Å². The van der Waals surface area contributed by atoms with E-state index in [1.165, 1.54) is 29.5 Å². The van der Waals surface area contributed by atoms with Crippen molar-refractivity contribution in [2.24, 2.45) is 0 Å². The second-order valence-electron chi connectivity index (χ2n) is 8.70. The van der Waals surface area contributed by atoms with Crippen molar-refractivity contribution in [3.8, 4) is 0 Å². The fourth-order valence-corrected chi connectivity index (χ4v) is 7.33. The average Bonchev–Trinajstić information content (AvgIpc) is 3.54. The molecule has 206 valence electrons. The van der Waals surface area contributed by atoms with E-state index in [0.717, 1.165) is 20.7 Å². The summed E-state index contributed by atoms with van der Waals surface area (Å²) in [4.78, 5) is 30.9. The Morgan fingerprint density at radius 3 is 2.56 bits per heavy atom. The monoisotopic (exact) mass is 624 g/mol. The number of hydrogen-bond acceptors (Lipinski definition) is 7. The summed E-state index contributed by atoms with van der Waals surface area (Å²) in [6.07, 6.45) is 1.47. The quantitative estimate of drug-likeness (QED) is 0.185. The summed E-state index contributed by atoms with van der Waals surface area (Å²) < 4.78 is 28.6. The van der Waals surface area contributed by atoms with Gasteiger partial charge in [0, 0.05) is 39.5 Å². The molecule has 4 aromatic rings. The minimum Gasteiger partial charge on any atom is -0.354 e. The second-order valence-corrected chi connectivity index (χ2v) is 13.2. The molecule has 0 radical (unpaired) electrons. The molecule has 3 N–H and O–H groups in total. The van der Waals surface area contributed by atoms with E-state index in [1.807, 2.05) is 35.7 Å². The van der Waals surface area contributed by atoms with Crippen LogP contribution in [0, 0.1) is 0 Å². The Bertz CT molecular complexity index is 1510. The van der Waals surface area contributed by atoms with Crippen LogP contribution in [0.4, 0.5) is 0 Å². The molecule has 39 heavy (non-hydrogen) atoms. The number of thiazole rings is 1. The number of aromatic nitrogens is 1. The van der Waals surface area contributed by atoms with Gasteiger partial charge in [-0.25, -0.2) is 18.1 Å². The maximum Gasteiger partial charge on any atom is 0.242 e. The molecule has 2 heterocycles. The third-order valence-corrected chi connectivity index (χ3v) is 9.67. The summed E-state index contributed by atoms with van der Waals surface area (Å²) in [5, 5.41) is 9.02. The Balaban J connectivity index is 1.26. The van der Waals surface area contributed by atoms with Gasteiger partial charge in [-0.1, -0.05) is 41.4 Å². The highest BCUT2D eigenvalue weighted by molar-refractivity contribution is 7.89. The van der Waals surface area contributed by atoms with Gasteiger partial charge in [0.25, 0.3) is 0 Å². The van der Waals surface area contributed by atoms with Gasteiger partial charge in [-0.2, -0.15) is 0 Å². The number of fused-ring (bicyclic) bond motifs is 1. The topological polar surface area (TPSA) is 117 Å². The highest BCUT2D eigenvalue weighted by atomic mass is 35.5. The number of carbonyl (C=O) groups is 2. The molecule has 0 aliphatic carbocycles. The summed E-state index contributed by atoms with van der Waals surface area (Å²) in [6, 6.07) is 13.3. The highest BCUT2D eigenvalue weighted by Gasteiger charge is 2.22. The number of thiophene rings is 1. The van der Waals surface area contributed by atoms with Crippen LogP contribution < -0.4 is 15.4 Å². The van der Waals surface area contributed by atoms with E-state index in [9.17, 15) is 18.0 Å². The minimum atomic E-state index is -3.78. The second kappa shape index (κ2) is 13.7. The molecule has 0 saturated carbocycles. The van der Waals surface area contributed by atoms with Gasteiger partial charge in [-0.15, -0.1) is 22.7 Å². The molecule has 8 nitrogen and oxygen atoms in total. The Morgan fingerprint density at radius 1 is 1.03 bits per heavy atom. The highest BCUT2D eigenvalue weighted by Crippen LogP contribution is 2.26. The first-order valence-corrected chi connectivity index (χ1v) is 16.1. The first kappa shape index (κ1) is 29.4. The minimum absolute atomic E-state index is 0.0434. The number of rotatable bonds is 13. The van der Waals surface area contributed by atoms with Crippen molar-refractivity contribution in [2.75, 3.05) is 13.1 Å². The molecule has 4 rings (SSSR count). The summed E-state index contributed by atoms with van der Waals surface area (Å²) in [7, 11) is -3.78.